The fourth-order valence-electron chi connectivity index (χ4n) is 3.24. The largest absolute Gasteiger partial charge is 0.378 e. The van der Waals surface area contributed by atoms with Gasteiger partial charge in [0.2, 0.25) is 5.91 Å². The topological polar surface area (TPSA) is 63.1 Å². The molecule has 0 aliphatic heterocycles. The van der Waals surface area contributed by atoms with Crippen molar-refractivity contribution in [2.75, 3.05) is 24.7 Å². The van der Waals surface area contributed by atoms with Gasteiger partial charge in [-0.15, -0.1) is 10.2 Å². The molecule has 1 N–H and O–H groups in total. The van der Waals surface area contributed by atoms with Crippen molar-refractivity contribution in [2.24, 2.45) is 0 Å². The van der Waals surface area contributed by atoms with Crippen molar-refractivity contribution in [3.05, 3.63) is 90.5 Å². The highest BCUT2D eigenvalue weighted by Crippen LogP contribution is 2.27. The average Bonchev–Trinajstić information content (AvgIpc) is 3.27. The lowest BCUT2D eigenvalue weighted by Crippen LogP contribution is -2.24. The Morgan fingerprint density at radius 2 is 1.56 bits per heavy atom. The maximum absolute atomic E-state index is 12.5. The van der Waals surface area contributed by atoms with E-state index in [4.69, 9.17) is 0 Å². The number of rotatable bonds is 8. The number of nitrogens with one attached hydrogen (secondary N) is 1. The lowest BCUT2D eigenvalue weighted by molar-refractivity contribution is -0.118. The van der Waals surface area contributed by atoms with Gasteiger partial charge >= 0.3 is 0 Å². The lowest BCUT2D eigenvalue weighted by Gasteiger charge is -2.13. The van der Waals surface area contributed by atoms with Crippen LogP contribution in [0.15, 0.2) is 90.1 Å². The van der Waals surface area contributed by atoms with Crippen molar-refractivity contribution in [3.8, 4) is 17.1 Å². The van der Waals surface area contributed by atoms with E-state index in [-0.39, 0.29) is 11.7 Å². The second-order valence-corrected chi connectivity index (χ2v) is 8.41. The molecule has 0 radical (unpaired) electrons. The molecule has 1 aromatic heterocycles. The van der Waals surface area contributed by atoms with Gasteiger partial charge in [-0.2, -0.15) is 0 Å². The molecule has 1 amide bonds. The Morgan fingerprint density at radius 1 is 0.906 bits per heavy atom. The molecule has 0 spiro atoms. The number of para-hydroxylation sites is 1. The summed E-state index contributed by atoms with van der Waals surface area (Å²) in [5.74, 6) is 0.964. The Balaban J connectivity index is 1.45. The van der Waals surface area contributed by atoms with Crippen molar-refractivity contribution in [3.63, 3.8) is 0 Å². The third-order valence-corrected chi connectivity index (χ3v) is 5.88. The van der Waals surface area contributed by atoms with E-state index in [1.165, 1.54) is 11.8 Å². The summed E-state index contributed by atoms with van der Waals surface area (Å²) in [5, 5.41) is 12.5. The normalized spacial score (nSPS) is 10.7. The summed E-state index contributed by atoms with van der Waals surface area (Å²) in [6, 6.07) is 28.0. The second-order valence-electron chi connectivity index (χ2n) is 7.47. The first kappa shape index (κ1) is 21.6. The minimum atomic E-state index is -0.0458. The zero-order valence-electron chi connectivity index (χ0n) is 18.1. The van der Waals surface area contributed by atoms with Crippen LogP contribution in [0.2, 0.25) is 0 Å². The summed E-state index contributed by atoms with van der Waals surface area (Å²) in [7, 11) is 4.01. The van der Waals surface area contributed by atoms with Crippen molar-refractivity contribution >= 4 is 23.4 Å². The maximum Gasteiger partial charge on any atom is 0.230 e. The molecule has 0 atom stereocenters. The second kappa shape index (κ2) is 10.2. The Morgan fingerprint density at radius 3 is 2.22 bits per heavy atom. The van der Waals surface area contributed by atoms with E-state index >= 15 is 0 Å². The van der Waals surface area contributed by atoms with Gasteiger partial charge in [-0.3, -0.25) is 9.36 Å². The molecule has 32 heavy (non-hydrogen) atoms. The van der Waals surface area contributed by atoms with E-state index < -0.39 is 0 Å². The highest BCUT2D eigenvalue weighted by Gasteiger charge is 2.17. The molecule has 4 aromatic rings. The molecular formula is C25H25N5OS. The Hall–Kier alpha value is -3.58. The first-order valence-electron chi connectivity index (χ1n) is 10.3. The molecule has 162 valence electrons. The summed E-state index contributed by atoms with van der Waals surface area (Å²) < 4.78 is 1.99. The fourth-order valence-corrected chi connectivity index (χ4v) is 4.02. The number of nitrogens with zero attached hydrogens (tertiary/aromatic N) is 4. The number of amides is 1. The molecule has 0 saturated heterocycles. The van der Waals surface area contributed by atoms with Crippen molar-refractivity contribution < 1.29 is 4.79 Å². The van der Waals surface area contributed by atoms with Gasteiger partial charge in [0.15, 0.2) is 11.0 Å². The van der Waals surface area contributed by atoms with Gasteiger partial charge in [0.05, 0.1) is 5.75 Å². The highest BCUT2D eigenvalue weighted by molar-refractivity contribution is 7.99. The van der Waals surface area contributed by atoms with E-state index in [0.717, 1.165) is 28.3 Å². The van der Waals surface area contributed by atoms with Crippen LogP contribution in [0.25, 0.3) is 17.1 Å². The van der Waals surface area contributed by atoms with Gasteiger partial charge in [-0.05, 0) is 29.8 Å². The molecular weight excluding hydrogens is 418 g/mol. The SMILES string of the molecule is CN(C)c1ccc(CNC(=O)CSc2nnc(-c3ccccc3)n2-c2ccccc2)cc1. The van der Waals surface area contributed by atoms with Gasteiger partial charge in [0.1, 0.15) is 0 Å². The Bertz CT molecular complexity index is 1160. The fraction of sp³-hybridized carbons (Fsp3) is 0.160. The first-order chi connectivity index (χ1) is 15.6. The number of thioether (sulfide) groups is 1. The predicted octanol–water partition coefficient (Wildman–Crippen LogP) is 4.41. The van der Waals surface area contributed by atoms with Crippen LogP contribution in [0.3, 0.4) is 0 Å². The van der Waals surface area contributed by atoms with Crippen LogP contribution < -0.4 is 10.2 Å². The summed E-state index contributed by atoms with van der Waals surface area (Å²) in [5.41, 5.74) is 4.12. The molecule has 0 unspecified atom stereocenters. The third kappa shape index (κ3) is 5.18. The van der Waals surface area contributed by atoms with Crippen molar-refractivity contribution in [2.45, 2.75) is 11.7 Å². The van der Waals surface area contributed by atoms with Crippen LogP contribution in [0.4, 0.5) is 5.69 Å². The Labute approximate surface area is 192 Å². The molecule has 0 bridgehead atoms. The molecule has 7 heteroatoms. The standard InChI is InChI=1S/C25H25N5OS/c1-29(2)21-15-13-19(14-16-21)17-26-23(31)18-32-25-28-27-24(20-9-5-3-6-10-20)30(25)22-11-7-4-8-12-22/h3-16H,17-18H2,1-2H3,(H,26,31). The minimum absolute atomic E-state index is 0.0458. The van der Waals surface area contributed by atoms with Crippen LogP contribution in [0, 0.1) is 0 Å². The van der Waals surface area contributed by atoms with Crippen LogP contribution in [-0.4, -0.2) is 40.5 Å². The van der Waals surface area contributed by atoms with Crippen LogP contribution in [0.1, 0.15) is 5.56 Å². The zero-order valence-corrected chi connectivity index (χ0v) is 18.9. The number of hydrogen-bond donors (Lipinski definition) is 1. The smallest absolute Gasteiger partial charge is 0.230 e. The van der Waals surface area contributed by atoms with Crippen molar-refractivity contribution in [1.29, 1.82) is 0 Å². The summed E-state index contributed by atoms with van der Waals surface area (Å²) >= 11 is 1.38. The van der Waals surface area contributed by atoms with E-state index in [2.05, 4.69) is 15.5 Å². The van der Waals surface area contributed by atoms with E-state index in [1.54, 1.807) is 0 Å². The van der Waals surface area contributed by atoms with Gasteiger partial charge in [0, 0.05) is 37.6 Å². The Kier molecular flexibility index (Phi) is 6.87. The molecule has 0 aliphatic rings. The molecule has 6 nitrogen and oxygen atoms in total. The van der Waals surface area contributed by atoms with Gasteiger partial charge in [-0.1, -0.05) is 72.4 Å². The number of aromatic nitrogens is 3. The van der Waals surface area contributed by atoms with Gasteiger partial charge in [0.25, 0.3) is 0 Å². The highest BCUT2D eigenvalue weighted by atomic mass is 32.2. The molecule has 0 saturated carbocycles. The van der Waals surface area contributed by atoms with Crippen molar-refractivity contribution in [1.82, 2.24) is 20.1 Å². The number of anilines is 1. The summed E-state index contributed by atoms with van der Waals surface area (Å²) in [6.07, 6.45) is 0. The summed E-state index contributed by atoms with van der Waals surface area (Å²) in [6.45, 7) is 0.494. The molecule has 1 heterocycles. The van der Waals surface area contributed by atoms with Crippen LogP contribution in [-0.2, 0) is 11.3 Å². The number of carbonyl (C=O) groups is 1. The van der Waals surface area contributed by atoms with Crippen LogP contribution in [0.5, 0.6) is 0 Å². The van der Waals surface area contributed by atoms with E-state index in [1.807, 2.05) is 108 Å². The maximum atomic E-state index is 12.5. The zero-order chi connectivity index (χ0) is 22.3. The number of carbonyl (C=O) groups excluding carboxylic acids is 1. The number of hydrogen-bond acceptors (Lipinski definition) is 5. The molecule has 4 rings (SSSR count). The molecule has 0 fully saturated rings. The average molecular weight is 444 g/mol. The minimum Gasteiger partial charge on any atom is -0.378 e. The predicted molar refractivity (Wildman–Crippen MR) is 130 cm³/mol. The van der Waals surface area contributed by atoms with E-state index in [9.17, 15) is 4.79 Å². The van der Waals surface area contributed by atoms with Gasteiger partial charge in [-0.25, -0.2) is 0 Å². The van der Waals surface area contributed by atoms with Crippen LogP contribution >= 0.6 is 11.8 Å². The summed E-state index contributed by atoms with van der Waals surface area (Å²) in [4.78, 5) is 14.5. The first-order valence-corrected chi connectivity index (χ1v) is 11.3. The lowest BCUT2D eigenvalue weighted by atomic mass is 10.2. The number of benzene rings is 3. The third-order valence-electron chi connectivity index (χ3n) is 4.95. The van der Waals surface area contributed by atoms with E-state index in [0.29, 0.717) is 11.7 Å². The molecule has 0 aliphatic carbocycles. The molecule has 3 aromatic carbocycles. The quantitative estimate of drug-likeness (QED) is 0.409. The monoisotopic (exact) mass is 443 g/mol. The van der Waals surface area contributed by atoms with Gasteiger partial charge < -0.3 is 10.2 Å².